The summed E-state index contributed by atoms with van der Waals surface area (Å²) in [5.41, 5.74) is 0. The fourth-order valence-corrected chi connectivity index (χ4v) is 1.16. The molecule has 4 heteroatoms. The van der Waals surface area contributed by atoms with E-state index in [2.05, 4.69) is 18.8 Å². The van der Waals surface area contributed by atoms with Crippen LogP contribution in [-0.2, 0) is 4.74 Å². The monoisotopic (exact) mass is 226 g/mol. The third-order valence-electron chi connectivity index (χ3n) is 2.07. The lowest BCUT2D eigenvalue weighted by atomic mass is 10.2. The molecule has 0 aromatic heterocycles. The fourth-order valence-electron chi connectivity index (χ4n) is 1.16. The molecule has 0 saturated heterocycles. The van der Waals surface area contributed by atoms with Crippen LogP contribution in [0.25, 0.3) is 0 Å². The smallest absolute Gasteiger partial charge is 0.186 e. The zero-order valence-electron chi connectivity index (χ0n) is 9.91. The Balaban J connectivity index is 4.14. The Morgan fingerprint density at radius 1 is 1.62 bits per heavy atom. The number of aliphatic hydroxyl groups excluding tert-OH is 1. The highest BCUT2D eigenvalue weighted by atomic mass is 16.5. The van der Waals surface area contributed by atoms with Crippen molar-refractivity contribution in [3.63, 3.8) is 0 Å². The average Bonchev–Trinajstić information content (AvgIpc) is 2.29. The van der Waals surface area contributed by atoms with E-state index in [-0.39, 0.29) is 12.6 Å². The Labute approximate surface area is 97.5 Å². The molecule has 16 heavy (non-hydrogen) atoms. The molecule has 0 radical (unpaired) electrons. The molecule has 1 atom stereocenters. The average molecular weight is 226 g/mol. The maximum atomic E-state index is 8.65. The van der Waals surface area contributed by atoms with Gasteiger partial charge in [-0.1, -0.05) is 19.6 Å². The summed E-state index contributed by atoms with van der Waals surface area (Å²) in [5.74, 6) is 0.650. The maximum Gasteiger partial charge on any atom is 0.186 e. The first kappa shape index (κ1) is 14.7. The van der Waals surface area contributed by atoms with E-state index in [1.807, 2.05) is 0 Å². The van der Waals surface area contributed by atoms with Gasteiger partial charge in [-0.15, -0.1) is 0 Å². The van der Waals surface area contributed by atoms with E-state index in [0.717, 1.165) is 6.42 Å². The Kier molecular flexibility index (Phi) is 9.41. The Hall–Kier alpha value is -1.29. The Bertz CT molecular complexity index is 227. The molecule has 1 unspecified atom stereocenters. The topological polar surface area (TPSA) is 65.3 Å². The van der Waals surface area contributed by atoms with Crippen LogP contribution in [-0.4, -0.2) is 30.6 Å². The third kappa shape index (κ3) is 7.06. The summed E-state index contributed by atoms with van der Waals surface area (Å²) in [6.07, 6.45) is 7.00. The van der Waals surface area contributed by atoms with Crippen molar-refractivity contribution < 1.29 is 9.84 Å². The molecule has 0 saturated carbocycles. The molecule has 0 aliphatic carbocycles. The summed E-state index contributed by atoms with van der Waals surface area (Å²) in [7, 11) is 0. The lowest BCUT2D eigenvalue weighted by Gasteiger charge is -2.19. The van der Waals surface area contributed by atoms with Gasteiger partial charge in [-0.2, -0.15) is 0 Å². The molecule has 3 N–H and O–H groups in total. The van der Waals surface area contributed by atoms with Crippen molar-refractivity contribution in [1.29, 1.82) is 5.41 Å². The molecule has 0 bridgehead atoms. The van der Waals surface area contributed by atoms with Crippen molar-refractivity contribution in [2.24, 2.45) is 0 Å². The van der Waals surface area contributed by atoms with Gasteiger partial charge in [0.25, 0.3) is 0 Å². The zero-order chi connectivity index (χ0) is 12.2. The summed E-state index contributed by atoms with van der Waals surface area (Å²) >= 11 is 0. The fraction of sp³-hybridized carbons (Fsp3) is 0.583. The van der Waals surface area contributed by atoms with Crippen LogP contribution in [0.3, 0.4) is 0 Å². The normalized spacial score (nSPS) is 13.0. The molecule has 4 nitrogen and oxygen atoms in total. The van der Waals surface area contributed by atoms with Crippen LogP contribution in [0.2, 0.25) is 0 Å². The lowest BCUT2D eigenvalue weighted by Crippen LogP contribution is -2.29. The van der Waals surface area contributed by atoms with Gasteiger partial charge >= 0.3 is 0 Å². The van der Waals surface area contributed by atoms with Crippen molar-refractivity contribution in [1.82, 2.24) is 5.32 Å². The number of allylic oxidation sites excluding steroid dienone is 2. The highest BCUT2D eigenvalue weighted by molar-refractivity contribution is 5.53. The number of nitrogens with one attached hydrogen (secondary N) is 2. The largest absolute Gasteiger partial charge is 0.479 e. The number of hydrogen-bond donors (Lipinski definition) is 3. The summed E-state index contributed by atoms with van der Waals surface area (Å²) in [5, 5.41) is 18.9. The molecule has 0 amide bonds. The number of ether oxygens (including phenoxy) is 1. The van der Waals surface area contributed by atoms with Gasteiger partial charge in [0.1, 0.15) is 0 Å². The van der Waals surface area contributed by atoms with Crippen molar-refractivity contribution >= 4 is 6.21 Å². The van der Waals surface area contributed by atoms with Crippen molar-refractivity contribution in [3.05, 3.63) is 24.6 Å². The Morgan fingerprint density at radius 3 is 2.88 bits per heavy atom. The highest BCUT2D eigenvalue weighted by Gasteiger charge is 2.06. The summed E-state index contributed by atoms with van der Waals surface area (Å²) in [6.45, 7) is 6.27. The van der Waals surface area contributed by atoms with Gasteiger partial charge in [0.05, 0.1) is 6.61 Å². The van der Waals surface area contributed by atoms with Crippen molar-refractivity contribution in [2.75, 3.05) is 13.2 Å². The SMILES string of the molecule is C=C/C=C(\NC(CC)CC=N)OCCCO. The highest BCUT2D eigenvalue weighted by Crippen LogP contribution is 2.02. The summed E-state index contributed by atoms with van der Waals surface area (Å²) in [4.78, 5) is 0. The van der Waals surface area contributed by atoms with Crippen molar-refractivity contribution in [3.8, 4) is 0 Å². The molecule has 0 aliphatic rings. The van der Waals surface area contributed by atoms with E-state index in [9.17, 15) is 0 Å². The summed E-state index contributed by atoms with van der Waals surface area (Å²) in [6, 6.07) is 0.206. The quantitative estimate of drug-likeness (QED) is 0.230. The number of hydrogen-bond acceptors (Lipinski definition) is 4. The summed E-state index contributed by atoms with van der Waals surface area (Å²) < 4.78 is 5.45. The molecule has 0 heterocycles. The van der Waals surface area contributed by atoms with Crippen LogP contribution in [0.1, 0.15) is 26.2 Å². The Morgan fingerprint density at radius 2 is 2.38 bits per heavy atom. The second-order valence-electron chi connectivity index (χ2n) is 3.38. The first-order valence-corrected chi connectivity index (χ1v) is 5.60. The molecule has 0 aromatic carbocycles. The number of aliphatic hydroxyl groups is 1. The van der Waals surface area contributed by atoms with E-state index in [1.165, 1.54) is 6.21 Å². The van der Waals surface area contributed by atoms with Gasteiger partial charge in [-0.05, 0) is 18.7 Å². The van der Waals surface area contributed by atoms with Crippen LogP contribution in [0.5, 0.6) is 0 Å². The minimum atomic E-state index is 0.124. The van der Waals surface area contributed by atoms with E-state index >= 15 is 0 Å². The molecule has 0 spiro atoms. The minimum absolute atomic E-state index is 0.124. The first-order valence-electron chi connectivity index (χ1n) is 5.60. The third-order valence-corrected chi connectivity index (χ3v) is 2.07. The number of rotatable bonds is 10. The second kappa shape index (κ2) is 10.2. The van der Waals surface area contributed by atoms with Crippen LogP contribution >= 0.6 is 0 Å². The minimum Gasteiger partial charge on any atom is -0.479 e. The molecule has 0 fully saturated rings. The molecule has 0 rings (SSSR count). The van der Waals surface area contributed by atoms with E-state index < -0.39 is 0 Å². The molecular weight excluding hydrogens is 204 g/mol. The van der Waals surface area contributed by atoms with E-state index in [1.54, 1.807) is 12.2 Å². The van der Waals surface area contributed by atoms with Gasteiger partial charge in [0.15, 0.2) is 5.88 Å². The van der Waals surface area contributed by atoms with Gasteiger partial charge in [-0.3, -0.25) is 0 Å². The van der Waals surface area contributed by atoms with Crippen LogP contribution in [0.4, 0.5) is 0 Å². The second-order valence-corrected chi connectivity index (χ2v) is 3.38. The van der Waals surface area contributed by atoms with Crippen LogP contribution in [0.15, 0.2) is 24.6 Å². The molecular formula is C12H22N2O2. The predicted octanol–water partition coefficient (Wildman–Crippen LogP) is 1.82. The lowest BCUT2D eigenvalue weighted by molar-refractivity contribution is 0.156. The zero-order valence-corrected chi connectivity index (χ0v) is 9.91. The van der Waals surface area contributed by atoms with Crippen LogP contribution in [0, 0.1) is 5.41 Å². The van der Waals surface area contributed by atoms with Crippen molar-refractivity contribution in [2.45, 2.75) is 32.2 Å². The first-order chi connectivity index (χ1) is 7.78. The van der Waals surface area contributed by atoms with E-state index in [4.69, 9.17) is 15.3 Å². The molecule has 0 aliphatic heterocycles. The van der Waals surface area contributed by atoms with Crippen LogP contribution < -0.4 is 5.32 Å². The molecule has 92 valence electrons. The van der Waals surface area contributed by atoms with Gasteiger partial charge in [0.2, 0.25) is 0 Å². The van der Waals surface area contributed by atoms with E-state index in [0.29, 0.717) is 25.3 Å². The van der Waals surface area contributed by atoms with Gasteiger partial charge in [0, 0.05) is 25.5 Å². The predicted molar refractivity (Wildman–Crippen MR) is 66.6 cm³/mol. The maximum absolute atomic E-state index is 8.65. The van der Waals surface area contributed by atoms with Gasteiger partial charge < -0.3 is 20.6 Å². The standard InChI is InChI=1S/C12H22N2O2/c1-3-6-12(16-10-5-9-15)14-11(4-2)7-8-13/h3,6,8,11,13-15H,1,4-5,7,9-10H2,2H3/b12-6+,13-8?. The van der Waals surface area contributed by atoms with Gasteiger partial charge in [-0.25, -0.2) is 0 Å². The molecule has 0 aromatic rings.